The van der Waals surface area contributed by atoms with Gasteiger partial charge in [0.2, 0.25) is 0 Å². The van der Waals surface area contributed by atoms with Gasteiger partial charge in [-0.05, 0) is 30.4 Å². The summed E-state index contributed by atoms with van der Waals surface area (Å²) in [6, 6.07) is 5.34. The number of methoxy groups -OCH3 is 3. The molecule has 0 amide bonds. The molecule has 22 heavy (non-hydrogen) atoms. The van der Waals surface area contributed by atoms with Crippen LogP contribution in [0.15, 0.2) is 18.2 Å². The third-order valence-corrected chi connectivity index (χ3v) is 4.06. The predicted molar refractivity (Wildman–Crippen MR) is 87.8 cm³/mol. The highest BCUT2D eigenvalue weighted by Crippen LogP contribution is 2.25. The molecule has 0 atom stereocenters. The number of thioether (sulfide) groups is 1. The van der Waals surface area contributed by atoms with E-state index in [2.05, 4.69) is 0 Å². The third kappa shape index (κ3) is 6.68. The van der Waals surface area contributed by atoms with Crippen LogP contribution in [0, 0.1) is 0 Å². The van der Waals surface area contributed by atoms with Crippen molar-refractivity contribution in [2.75, 3.05) is 46.9 Å². The lowest BCUT2D eigenvalue weighted by Crippen LogP contribution is -2.04. The minimum Gasteiger partial charge on any atom is -0.496 e. The van der Waals surface area contributed by atoms with Crippen LogP contribution >= 0.6 is 11.8 Å². The number of hydrogen-bond donors (Lipinski definition) is 0. The van der Waals surface area contributed by atoms with Gasteiger partial charge in [0.25, 0.3) is 0 Å². The average molecular weight is 328 g/mol. The fourth-order valence-electron chi connectivity index (χ4n) is 1.83. The smallest absolute Gasteiger partial charge is 0.337 e. The van der Waals surface area contributed by atoms with Crippen LogP contribution in [0.3, 0.4) is 0 Å². The molecule has 0 fully saturated rings. The summed E-state index contributed by atoms with van der Waals surface area (Å²) in [7, 11) is 4.67. The molecular formula is C16H24O5S. The first-order valence-electron chi connectivity index (χ1n) is 7.12. The van der Waals surface area contributed by atoms with Crippen LogP contribution in [0.2, 0.25) is 0 Å². The highest BCUT2D eigenvalue weighted by Gasteiger charge is 2.10. The van der Waals surface area contributed by atoms with Crippen molar-refractivity contribution >= 4 is 17.7 Å². The quantitative estimate of drug-likeness (QED) is 0.460. The number of carbonyl (C=O) groups excluding carboxylic acids is 1. The van der Waals surface area contributed by atoms with Gasteiger partial charge in [0.15, 0.2) is 0 Å². The Labute approximate surface area is 136 Å². The monoisotopic (exact) mass is 328 g/mol. The second-order valence-corrected chi connectivity index (χ2v) is 5.63. The van der Waals surface area contributed by atoms with Crippen LogP contribution in [-0.2, 0) is 20.0 Å². The molecule has 0 heterocycles. The molecule has 0 radical (unpaired) electrons. The Morgan fingerprint density at radius 3 is 2.64 bits per heavy atom. The van der Waals surface area contributed by atoms with Crippen LogP contribution in [0.5, 0.6) is 5.75 Å². The summed E-state index contributed by atoms with van der Waals surface area (Å²) in [6.07, 6.45) is 0.980. The van der Waals surface area contributed by atoms with Crippen molar-refractivity contribution in [1.29, 1.82) is 0 Å². The van der Waals surface area contributed by atoms with E-state index in [0.29, 0.717) is 18.8 Å². The van der Waals surface area contributed by atoms with Crippen LogP contribution in [0.25, 0.3) is 0 Å². The third-order valence-electron chi connectivity index (χ3n) is 2.97. The second-order valence-electron chi connectivity index (χ2n) is 4.53. The molecule has 0 bridgehead atoms. The molecule has 0 spiro atoms. The van der Waals surface area contributed by atoms with Crippen molar-refractivity contribution in [2.24, 2.45) is 0 Å². The molecule has 1 aromatic carbocycles. The Hall–Kier alpha value is -1.24. The van der Waals surface area contributed by atoms with E-state index in [1.165, 1.54) is 7.11 Å². The molecule has 1 rings (SSSR count). The van der Waals surface area contributed by atoms with E-state index in [4.69, 9.17) is 18.9 Å². The lowest BCUT2D eigenvalue weighted by atomic mass is 10.1. The van der Waals surface area contributed by atoms with E-state index in [-0.39, 0.29) is 5.97 Å². The van der Waals surface area contributed by atoms with Crippen LogP contribution in [0.4, 0.5) is 0 Å². The molecular weight excluding hydrogens is 304 g/mol. The average Bonchev–Trinajstić information content (AvgIpc) is 2.56. The first-order chi connectivity index (χ1) is 10.7. The number of ether oxygens (including phenoxy) is 4. The number of benzene rings is 1. The summed E-state index contributed by atoms with van der Waals surface area (Å²) in [5.74, 6) is 2.22. The highest BCUT2D eigenvalue weighted by atomic mass is 32.2. The number of carbonyl (C=O) groups is 1. The topological polar surface area (TPSA) is 54.0 Å². The molecule has 0 aromatic heterocycles. The van der Waals surface area contributed by atoms with Crippen molar-refractivity contribution in [3.8, 4) is 5.75 Å². The largest absolute Gasteiger partial charge is 0.496 e. The van der Waals surface area contributed by atoms with Crippen LogP contribution < -0.4 is 4.74 Å². The SMILES string of the molecule is COCCOCCCSCc1cc(C(=O)OC)ccc1OC. The fourth-order valence-corrected chi connectivity index (χ4v) is 2.74. The zero-order valence-electron chi connectivity index (χ0n) is 13.4. The number of hydrogen-bond acceptors (Lipinski definition) is 6. The van der Waals surface area contributed by atoms with Gasteiger partial charge >= 0.3 is 5.97 Å². The molecule has 0 N–H and O–H groups in total. The summed E-state index contributed by atoms with van der Waals surface area (Å²) in [4.78, 5) is 11.6. The van der Waals surface area contributed by atoms with E-state index >= 15 is 0 Å². The van der Waals surface area contributed by atoms with E-state index < -0.39 is 0 Å². The first-order valence-corrected chi connectivity index (χ1v) is 8.28. The Morgan fingerprint density at radius 1 is 1.14 bits per heavy atom. The van der Waals surface area contributed by atoms with E-state index in [0.717, 1.165) is 35.8 Å². The van der Waals surface area contributed by atoms with Crippen molar-refractivity contribution in [3.05, 3.63) is 29.3 Å². The van der Waals surface area contributed by atoms with Gasteiger partial charge in [-0.15, -0.1) is 0 Å². The standard InChI is InChI=1S/C16H24O5S/c1-18-8-9-21-7-4-10-22-12-14-11-13(16(17)20-3)5-6-15(14)19-2/h5-6,11H,4,7-10,12H2,1-3H3. The highest BCUT2D eigenvalue weighted by molar-refractivity contribution is 7.98. The van der Waals surface area contributed by atoms with Gasteiger partial charge in [0.05, 0.1) is 33.0 Å². The summed E-state index contributed by atoms with van der Waals surface area (Å²) in [6.45, 7) is 2.00. The Kier molecular flexibility index (Phi) is 9.70. The maximum atomic E-state index is 11.6. The molecule has 5 nitrogen and oxygen atoms in total. The molecule has 0 aliphatic carbocycles. The van der Waals surface area contributed by atoms with Crippen molar-refractivity contribution in [2.45, 2.75) is 12.2 Å². The minimum absolute atomic E-state index is 0.333. The van der Waals surface area contributed by atoms with Crippen LogP contribution in [0.1, 0.15) is 22.3 Å². The summed E-state index contributed by atoms with van der Waals surface area (Å²) >= 11 is 1.78. The van der Waals surface area contributed by atoms with E-state index in [9.17, 15) is 4.79 Å². The van der Waals surface area contributed by atoms with Crippen LogP contribution in [-0.4, -0.2) is 52.9 Å². The number of esters is 1. The Balaban J connectivity index is 2.38. The van der Waals surface area contributed by atoms with E-state index in [1.54, 1.807) is 38.1 Å². The van der Waals surface area contributed by atoms with Gasteiger partial charge < -0.3 is 18.9 Å². The van der Waals surface area contributed by atoms with Crippen molar-refractivity contribution in [1.82, 2.24) is 0 Å². The maximum absolute atomic E-state index is 11.6. The molecule has 1 aromatic rings. The molecule has 0 aliphatic heterocycles. The summed E-state index contributed by atoms with van der Waals surface area (Å²) in [5, 5.41) is 0. The molecule has 0 saturated heterocycles. The van der Waals surface area contributed by atoms with Gasteiger partial charge in [0, 0.05) is 25.0 Å². The first kappa shape index (κ1) is 18.8. The van der Waals surface area contributed by atoms with Gasteiger partial charge in [-0.3, -0.25) is 0 Å². The zero-order valence-corrected chi connectivity index (χ0v) is 14.2. The molecule has 0 aliphatic rings. The summed E-state index contributed by atoms with van der Waals surface area (Å²) in [5.41, 5.74) is 1.54. The van der Waals surface area contributed by atoms with Gasteiger partial charge in [-0.2, -0.15) is 11.8 Å². The van der Waals surface area contributed by atoms with Gasteiger partial charge in [-0.1, -0.05) is 0 Å². The maximum Gasteiger partial charge on any atom is 0.337 e. The predicted octanol–water partition coefficient (Wildman–Crippen LogP) is 2.77. The normalized spacial score (nSPS) is 10.5. The fraction of sp³-hybridized carbons (Fsp3) is 0.562. The zero-order chi connectivity index (χ0) is 16.2. The van der Waals surface area contributed by atoms with E-state index in [1.807, 2.05) is 6.07 Å². The number of rotatable bonds is 11. The molecule has 124 valence electrons. The lowest BCUT2D eigenvalue weighted by molar-refractivity contribution is 0.0600. The minimum atomic E-state index is -0.333. The molecule has 0 unspecified atom stereocenters. The Morgan fingerprint density at radius 2 is 1.95 bits per heavy atom. The van der Waals surface area contributed by atoms with Crippen molar-refractivity contribution < 1.29 is 23.7 Å². The lowest BCUT2D eigenvalue weighted by Gasteiger charge is -2.10. The molecule has 6 heteroatoms. The molecule has 0 saturated carbocycles. The van der Waals surface area contributed by atoms with Gasteiger partial charge in [0.1, 0.15) is 5.75 Å². The van der Waals surface area contributed by atoms with Gasteiger partial charge in [-0.25, -0.2) is 4.79 Å². The van der Waals surface area contributed by atoms with Crippen molar-refractivity contribution in [3.63, 3.8) is 0 Å². The Bertz CT molecular complexity index is 450. The summed E-state index contributed by atoms with van der Waals surface area (Å²) < 4.78 is 20.4. The second kappa shape index (κ2) is 11.3.